The maximum absolute atomic E-state index is 10.3. The van der Waals surface area contributed by atoms with Crippen LogP contribution in [0, 0.1) is 0 Å². The first-order chi connectivity index (χ1) is 9.54. The predicted molar refractivity (Wildman–Crippen MR) is 86.2 cm³/mol. The van der Waals surface area contributed by atoms with E-state index < -0.39 is 6.10 Å². The van der Waals surface area contributed by atoms with Crippen LogP contribution in [0.5, 0.6) is 5.75 Å². The van der Waals surface area contributed by atoms with Gasteiger partial charge in [0, 0.05) is 20.9 Å². The van der Waals surface area contributed by atoms with Crippen molar-refractivity contribution in [1.82, 2.24) is 0 Å². The van der Waals surface area contributed by atoms with E-state index in [9.17, 15) is 5.11 Å². The minimum absolute atomic E-state index is 0.174. The zero-order chi connectivity index (χ0) is 14.3. The number of halogens is 3. The molecule has 104 valence electrons. The maximum Gasteiger partial charge on any atom is 0.127 e. The van der Waals surface area contributed by atoms with Crippen LogP contribution in [0.1, 0.15) is 29.8 Å². The molecule has 0 aromatic heterocycles. The molecule has 2 aromatic carbocycles. The van der Waals surface area contributed by atoms with Gasteiger partial charge in [-0.3, -0.25) is 0 Å². The van der Waals surface area contributed by atoms with Gasteiger partial charge in [-0.15, -0.1) is 0 Å². The van der Waals surface area contributed by atoms with Gasteiger partial charge < -0.3 is 9.84 Å². The molecule has 0 amide bonds. The van der Waals surface area contributed by atoms with Gasteiger partial charge in [-0.2, -0.15) is 0 Å². The van der Waals surface area contributed by atoms with Gasteiger partial charge >= 0.3 is 0 Å². The molecule has 5 heteroatoms. The van der Waals surface area contributed by atoms with Crippen LogP contribution in [0.2, 0.25) is 5.02 Å². The minimum atomic E-state index is -0.532. The monoisotopic (exact) mass is 416 g/mol. The minimum Gasteiger partial charge on any atom is -0.485 e. The highest BCUT2D eigenvalue weighted by Crippen LogP contribution is 2.42. The lowest BCUT2D eigenvalue weighted by atomic mass is 9.95. The topological polar surface area (TPSA) is 29.5 Å². The highest BCUT2D eigenvalue weighted by molar-refractivity contribution is 9.10. The van der Waals surface area contributed by atoms with Crippen LogP contribution >= 0.6 is 43.5 Å². The third-order valence-electron chi connectivity index (χ3n) is 3.35. The lowest BCUT2D eigenvalue weighted by molar-refractivity contribution is 0.0656. The standard InChI is InChI=1S/C15H11Br2ClO2/c16-9-2-4-14-10(6-9)13(19)7-15(20-14)8-1-3-12(18)11(17)5-8/h1-6,13,15,19H,7H2. The molecule has 0 radical (unpaired) electrons. The summed E-state index contributed by atoms with van der Waals surface area (Å²) in [6.45, 7) is 0. The summed E-state index contributed by atoms with van der Waals surface area (Å²) in [5, 5.41) is 11.0. The normalized spacial score (nSPS) is 21.2. The SMILES string of the molecule is OC1CC(c2ccc(Cl)c(Br)c2)Oc2ccc(Br)cc21. The van der Waals surface area contributed by atoms with E-state index in [-0.39, 0.29) is 6.10 Å². The van der Waals surface area contributed by atoms with Crippen LogP contribution in [0.25, 0.3) is 0 Å². The summed E-state index contributed by atoms with van der Waals surface area (Å²) in [7, 11) is 0. The van der Waals surface area contributed by atoms with E-state index in [1.165, 1.54) is 0 Å². The Morgan fingerprint density at radius 3 is 2.70 bits per heavy atom. The van der Waals surface area contributed by atoms with Crippen LogP contribution < -0.4 is 4.74 Å². The molecule has 3 rings (SSSR count). The fraction of sp³-hybridized carbons (Fsp3) is 0.200. The molecule has 2 nitrogen and oxygen atoms in total. The fourth-order valence-corrected chi connectivity index (χ4v) is 3.23. The summed E-state index contributed by atoms with van der Waals surface area (Å²) in [4.78, 5) is 0. The zero-order valence-electron chi connectivity index (χ0n) is 10.3. The van der Waals surface area contributed by atoms with Gasteiger partial charge in [0.2, 0.25) is 0 Å². The number of hydrogen-bond donors (Lipinski definition) is 1. The number of rotatable bonds is 1. The third-order valence-corrected chi connectivity index (χ3v) is 5.06. The van der Waals surface area contributed by atoms with Crippen molar-refractivity contribution in [3.8, 4) is 5.75 Å². The Bertz CT molecular complexity index is 660. The summed E-state index contributed by atoms with van der Waals surface area (Å²) in [5.41, 5.74) is 1.82. The first-order valence-electron chi connectivity index (χ1n) is 6.13. The molecule has 0 fully saturated rings. The first kappa shape index (κ1) is 14.4. The second kappa shape index (κ2) is 5.68. The number of ether oxygens (including phenoxy) is 1. The molecule has 1 aliphatic rings. The maximum atomic E-state index is 10.3. The Labute approximate surface area is 139 Å². The van der Waals surface area contributed by atoms with Gasteiger partial charge in [0.1, 0.15) is 11.9 Å². The summed E-state index contributed by atoms with van der Waals surface area (Å²) < 4.78 is 7.76. The molecule has 2 atom stereocenters. The van der Waals surface area contributed by atoms with Crippen molar-refractivity contribution in [2.75, 3.05) is 0 Å². The van der Waals surface area contributed by atoms with Gasteiger partial charge in [0.05, 0.1) is 11.1 Å². The predicted octanol–water partition coefficient (Wildman–Crippen LogP) is 5.42. The average molecular weight is 419 g/mol. The molecule has 1 heterocycles. The Morgan fingerprint density at radius 1 is 1.15 bits per heavy atom. The van der Waals surface area contributed by atoms with Crippen LogP contribution in [0.15, 0.2) is 45.3 Å². The number of hydrogen-bond acceptors (Lipinski definition) is 2. The fourth-order valence-electron chi connectivity index (χ4n) is 2.33. The van der Waals surface area contributed by atoms with Gasteiger partial charge in [0.25, 0.3) is 0 Å². The second-order valence-electron chi connectivity index (χ2n) is 4.71. The van der Waals surface area contributed by atoms with Gasteiger partial charge in [-0.1, -0.05) is 33.6 Å². The first-order valence-corrected chi connectivity index (χ1v) is 8.10. The average Bonchev–Trinajstić information content (AvgIpc) is 2.42. The summed E-state index contributed by atoms with van der Waals surface area (Å²) >= 11 is 12.8. The number of aliphatic hydroxyl groups is 1. The number of aliphatic hydroxyl groups excluding tert-OH is 1. The largest absolute Gasteiger partial charge is 0.485 e. The lowest BCUT2D eigenvalue weighted by Gasteiger charge is -2.30. The number of fused-ring (bicyclic) bond motifs is 1. The molecule has 1 aliphatic heterocycles. The Hall–Kier alpha value is -0.550. The zero-order valence-corrected chi connectivity index (χ0v) is 14.2. The van der Waals surface area contributed by atoms with E-state index in [1.54, 1.807) is 0 Å². The molecule has 0 bridgehead atoms. The van der Waals surface area contributed by atoms with Crippen molar-refractivity contribution < 1.29 is 9.84 Å². The smallest absolute Gasteiger partial charge is 0.127 e. The summed E-state index contributed by atoms with van der Waals surface area (Å²) in [5.74, 6) is 0.725. The highest BCUT2D eigenvalue weighted by atomic mass is 79.9. The van der Waals surface area contributed by atoms with E-state index in [2.05, 4.69) is 31.9 Å². The van der Waals surface area contributed by atoms with E-state index in [0.29, 0.717) is 11.4 Å². The van der Waals surface area contributed by atoms with E-state index in [0.717, 1.165) is 25.8 Å². The van der Waals surface area contributed by atoms with Gasteiger partial charge in [-0.25, -0.2) is 0 Å². The van der Waals surface area contributed by atoms with Crippen molar-refractivity contribution in [3.05, 3.63) is 61.5 Å². The third kappa shape index (κ3) is 2.75. The van der Waals surface area contributed by atoms with Gasteiger partial charge in [-0.05, 0) is 51.8 Å². The van der Waals surface area contributed by atoms with Gasteiger partial charge in [0.15, 0.2) is 0 Å². The van der Waals surface area contributed by atoms with Crippen molar-refractivity contribution in [3.63, 3.8) is 0 Å². The molecule has 20 heavy (non-hydrogen) atoms. The Balaban J connectivity index is 1.94. The van der Waals surface area contributed by atoms with Crippen LogP contribution in [0.3, 0.4) is 0 Å². The van der Waals surface area contributed by atoms with Crippen LogP contribution in [-0.2, 0) is 0 Å². The molecule has 2 unspecified atom stereocenters. The second-order valence-corrected chi connectivity index (χ2v) is 6.89. The molecule has 1 N–H and O–H groups in total. The van der Waals surface area contributed by atoms with Crippen LogP contribution in [-0.4, -0.2) is 5.11 Å². The molecule has 0 spiro atoms. The van der Waals surface area contributed by atoms with Crippen molar-refractivity contribution in [2.45, 2.75) is 18.6 Å². The van der Waals surface area contributed by atoms with Crippen molar-refractivity contribution >= 4 is 43.5 Å². The van der Waals surface area contributed by atoms with Crippen LogP contribution in [0.4, 0.5) is 0 Å². The summed E-state index contributed by atoms with van der Waals surface area (Å²) in [6, 6.07) is 11.4. The molecular weight excluding hydrogens is 407 g/mol. The van der Waals surface area contributed by atoms with Crippen molar-refractivity contribution in [2.24, 2.45) is 0 Å². The molecule has 0 aliphatic carbocycles. The van der Waals surface area contributed by atoms with E-state index >= 15 is 0 Å². The summed E-state index contributed by atoms with van der Waals surface area (Å²) in [6.07, 6.45) is -0.180. The number of benzene rings is 2. The molecule has 2 aromatic rings. The van der Waals surface area contributed by atoms with Crippen molar-refractivity contribution in [1.29, 1.82) is 0 Å². The molecule has 0 saturated heterocycles. The quantitative estimate of drug-likeness (QED) is 0.670. The Morgan fingerprint density at radius 2 is 1.95 bits per heavy atom. The van der Waals surface area contributed by atoms with E-state index in [4.69, 9.17) is 16.3 Å². The lowest BCUT2D eigenvalue weighted by Crippen LogP contribution is -2.19. The Kier molecular flexibility index (Phi) is 4.09. The molecular formula is C15H11Br2ClO2. The van der Waals surface area contributed by atoms with E-state index in [1.807, 2.05) is 36.4 Å². The molecule has 0 saturated carbocycles. The highest BCUT2D eigenvalue weighted by Gasteiger charge is 2.28.